The number of nitrogens with one attached hydrogen (secondary N) is 2. The number of phenols is 1. The number of aromatic hydroxyl groups is 1. The highest BCUT2D eigenvalue weighted by Crippen LogP contribution is 2.15. The number of rotatable bonds is 4. The van der Waals surface area contributed by atoms with Gasteiger partial charge in [-0.05, 0) is 36.4 Å². The van der Waals surface area contributed by atoms with E-state index in [2.05, 4.69) is 10.9 Å². The molecular formula is C17H18N2O4S. The van der Waals surface area contributed by atoms with Gasteiger partial charge < -0.3 is 5.11 Å². The number of para-hydroxylation sites is 1. The molecule has 0 spiro atoms. The van der Waals surface area contributed by atoms with E-state index >= 15 is 0 Å². The third-order valence-corrected chi connectivity index (χ3v) is 4.81. The van der Waals surface area contributed by atoms with Crippen molar-refractivity contribution in [2.24, 2.45) is 0 Å². The van der Waals surface area contributed by atoms with E-state index in [0.717, 1.165) is 0 Å². The first-order valence-corrected chi connectivity index (χ1v) is 8.50. The van der Waals surface area contributed by atoms with Gasteiger partial charge in [0.2, 0.25) is 0 Å². The van der Waals surface area contributed by atoms with Crippen LogP contribution in [0.15, 0.2) is 53.4 Å². The Morgan fingerprint density at radius 1 is 0.958 bits per heavy atom. The minimum absolute atomic E-state index is 0.0116. The molecule has 2 aromatic carbocycles. The highest BCUT2D eigenvalue weighted by atomic mass is 32.2. The van der Waals surface area contributed by atoms with Crippen molar-refractivity contribution in [1.29, 1.82) is 0 Å². The second-order valence-electron chi connectivity index (χ2n) is 5.30. The highest BCUT2D eigenvalue weighted by molar-refractivity contribution is 7.85. The van der Waals surface area contributed by atoms with E-state index in [9.17, 15) is 18.9 Å². The lowest BCUT2D eigenvalue weighted by Crippen LogP contribution is -2.41. The van der Waals surface area contributed by atoms with Crippen LogP contribution < -0.4 is 10.9 Å². The van der Waals surface area contributed by atoms with Crippen LogP contribution in [0.3, 0.4) is 0 Å². The van der Waals surface area contributed by atoms with Gasteiger partial charge in [0, 0.05) is 15.7 Å². The maximum Gasteiger partial charge on any atom is 0.273 e. The molecule has 0 radical (unpaired) electrons. The lowest BCUT2D eigenvalue weighted by atomic mass is 10.2. The van der Waals surface area contributed by atoms with Crippen LogP contribution in [0.1, 0.15) is 34.6 Å². The summed E-state index contributed by atoms with van der Waals surface area (Å²) in [4.78, 5) is 24.5. The van der Waals surface area contributed by atoms with Crippen molar-refractivity contribution < 1.29 is 18.9 Å². The highest BCUT2D eigenvalue weighted by Gasteiger charge is 2.13. The third kappa shape index (κ3) is 4.20. The molecule has 6 nitrogen and oxygen atoms in total. The maximum atomic E-state index is 12.0. The summed E-state index contributed by atoms with van der Waals surface area (Å²) in [5, 5.41) is 9.58. The summed E-state index contributed by atoms with van der Waals surface area (Å²) >= 11 is 0. The molecule has 0 saturated heterocycles. The van der Waals surface area contributed by atoms with Gasteiger partial charge in [0.05, 0.1) is 16.4 Å². The fourth-order valence-electron chi connectivity index (χ4n) is 1.93. The van der Waals surface area contributed by atoms with Gasteiger partial charge in [0.1, 0.15) is 5.75 Å². The summed E-state index contributed by atoms with van der Waals surface area (Å²) in [5.41, 5.74) is 4.88. The van der Waals surface area contributed by atoms with E-state index in [-0.39, 0.29) is 16.6 Å². The van der Waals surface area contributed by atoms with E-state index in [4.69, 9.17) is 0 Å². The van der Waals surface area contributed by atoms with Gasteiger partial charge in [-0.2, -0.15) is 0 Å². The lowest BCUT2D eigenvalue weighted by Gasteiger charge is -2.09. The van der Waals surface area contributed by atoms with Gasteiger partial charge in [-0.1, -0.05) is 26.0 Å². The van der Waals surface area contributed by atoms with Crippen molar-refractivity contribution in [3.8, 4) is 5.75 Å². The first-order valence-electron chi connectivity index (χ1n) is 7.29. The molecule has 3 N–H and O–H groups in total. The van der Waals surface area contributed by atoms with E-state index in [1.165, 1.54) is 24.3 Å². The molecule has 0 saturated carbocycles. The Morgan fingerprint density at radius 3 is 2.12 bits per heavy atom. The number of amides is 2. The number of carbonyl (C=O) groups is 2. The minimum atomic E-state index is -1.12. The first kappa shape index (κ1) is 17.7. The van der Waals surface area contributed by atoms with Gasteiger partial charge in [-0.25, -0.2) is 0 Å². The number of carbonyl (C=O) groups excluding carboxylic acids is 2. The molecule has 2 amide bonds. The summed E-state index contributed by atoms with van der Waals surface area (Å²) in [6.45, 7) is 3.70. The van der Waals surface area contributed by atoms with Crippen molar-refractivity contribution in [2.75, 3.05) is 0 Å². The molecule has 0 aliphatic rings. The summed E-state index contributed by atoms with van der Waals surface area (Å²) in [5.74, 6) is -1.32. The summed E-state index contributed by atoms with van der Waals surface area (Å²) in [6.07, 6.45) is 0. The average molecular weight is 346 g/mol. The van der Waals surface area contributed by atoms with E-state index in [0.29, 0.717) is 10.5 Å². The van der Waals surface area contributed by atoms with Crippen molar-refractivity contribution in [2.45, 2.75) is 24.0 Å². The van der Waals surface area contributed by atoms with Gasteiger partial charge in [-0.3, -0.25) is 24.6 Å². The molecule has 2 aromatic rings. The standard InChI is InChI=1S/C17H18N2O4S/c1-11(2)24(23)13-9-7-12(8-10-13)16(21)18-19-17(22)14-5-3-4-6-15(14)20/h3-11,20H,1-2H3,(H,18,21)(H,19,22). The summed E-state index contributed by atoms with van der Waals surface area (Å²) < 4.78 is 12.0. The van der Waals surface area contributed by atoms with E-state index in [1.807, 2.05) is 13.8 Å². The Bertz CT molecular complexity index is 772. The minimum Gasteiger partial charge on any atom is -0.507 e. The topological polar surface area (TPSA) is 95.5 Å². The smallest absolute Gasteiger partial charge is 0.273 e. The predicted octanol–water partition coefficient (Wildman–Crippen LogP) is 1.98. The number of benzene rings is 2. The molecule has 126 valence electrons. The second-order valence-corrected chi connectivity index (χ2v) is 7.30. The van der Waals surface area contributed by atoms with Gasteiger partial charge >= 0.3 is 0 Å². The van der Waals surface area contributed by atoms with Crippen LogP contribution in [0.25, 0.3) is 0 Å². The number of hydrazine groups is 1. The summed E-state index contributed by atoms with van der Waals surface area (Å²) in [7, 11) is -1.12. The molecule has 1 unspecified atom stereocenters. The van der Waals surface area contributed by atoms with Crippen molar-refractivity contribution in [3.05, 3.63) is 59.7 Å². The van der Waals surface area contributed by atoms with Crippen LogP contribution in [0, 0.1) is 0 Å². The van der Waals surface area contributed by atoms with Crippen molar-refractivity contribution >= 4 is 22.6 Å². The zero-order valence-electron chi connectivity index (χ0n) is 13.3. The zero-order valence-corrected chi connectivity index (χ0v) is 14.1. The number of hydrogen-bond acceptors (Lipinski definition) is 4. The Hall–Kier alpha value is -2.67. The monoisotopic (exact) mass is 346 g/mol. The van der Waals surface area contributed by atoms with Crippen molar-refractivity contribution in [1.82, 2.24) is 10.9 Å². The molecule has 2 rings (SSSR count). The van der Waals surface area contributed by atoms with Crippen LogP contribution >= 0.6 is 0 Å². The number of phenolic OH excluding ortho intramolecular Hbond substituents is 1. The molecule has 24 heavy (non-hydrogen) atoms. The largest absolute Gasteiger partial charge is 0.507 e. The van der Waals surface area contributed by atoms with Crippen LogP contribution in [0.5, 0.6) is 5.75 Å². The molecule has 7 heteroatoms. The van der Waals surface area contributed by atoms with Crippen LogP contribution in [0.4, 0.5) is 0 Å². The maximum absolute atomic E-state index is 12.0. The molecule has 0 bridgehead atoms. The molecule has 0 heterocycles. The van der Waals surface area contributed by atoms with Crippen LogP contribution in [-0.2, 0) is 10.8 Å². The fourth-order valence-corrected chi connectivity index (χ4v) is 2.88. The lowest BCUT2D eigenvalue weighted by molar-refractivity contribution is 0.0845. The molecule has 0 aliphatic carbocycles. The third-order valence-electron chi connectivity index (χ3n) is 3.22. The second kappa shape index (κ2) is 7.74. The molecular weight excluding hydrogens is 328 g/mol. The molecule has 0 fully saturated rings. The van der Waals surface area contributed by atoms with Crippen LogP contribution in [-0.4, -0.2) is 26.4 Å². The Kier molecular flexibility index (Phi) is 5.70. The Balaban J connectivity index is 1.99. The number of hydrogen-bond donors (Lipinski definition) is 3. The molecule has 0 aliphatic heterocycles. The SMILES string of the molecule is CC(C)S(=O)c1ccc(C(=O)NNC(=O)c2ccccc2O)cc1. The first-order chi connectivity index (χ1) is 11.4. The summed E-state index contributed by atoms with van der Waals surface area (Å²) in [6, 6.07) is 12.3. The zero-order chi connectivity index (χ0) is 17.7. The van der Waals surface area contributed by atoms with Gasteiger partial charge in [0.15, 0.2) is 0 Å². The fraction of sp³-hybridized carbons (Fsp3) is 0.176. The van der Waals surface area contributed by atoms with Gasteiger partial charge in [-0.15, -0.1) is 0 Å². The Labute approximate surface area is 142 Å². The van der Waals surface area contributed by atoms with E-state index < -0.39 is 22.6 Å². The van der Waals surface area contributed by atoms with Gasteiger partial charge in [0.25, 0.3) is 11.8 Å². The predicted molar refractivity (Wildman–Crippen MR) is 91.0 cm³/mol. The van der Waals surface area contributed by atoms with E-state index in [1.54, 1.807) is 24.3 Å². The molecule has 0 aromatic heterocycles. The quantitative estimate of drug-likeness (QED) is 0.738. The Morgan fingerprint density at radius 2 is 1.54 bits per heavy atom. The normalized spacial score (nSPS) is 11.8. The molecule has 1 atom stereocenters. The van der Waals surface area contributed by atoms with Crippen molar-refractivity contribution in [3.63, 3.8) is 0 Å². The van der Waals surface area contributed by atoms with Crippen LogP contribution in [0.2, 0.25) is 0 Å². The average Bonchev–Trinajstić information content (AvgIpc) is 2.59.